The zero-order valence-corrected chi connectivity index (χ0v) is 89.4. The van der Waals surface area contributed by atoms with Gasteiger partial charge in [0.05, 0.1) is 82.9 Å². The molecule has 812 valence electrons. The number of aromatic nitrogens is 6. The third-order valence-corrected chi connectivity index (χ3v) is 29.6. The number of imidazole rings is 1. The average molecular weight is 2150 g/mol. The van der Waals surface area contributed by atoms with Crippen molar-refractivity contribution in [2.24, 2.45) is 52.9 Å². The van der Waals surface area contributed by atoms with Crippen LogP contribution in [0, 0.1) is 55.3 Å². The molecule has 11 amide bonds. The van der Waals surface area contributed by atoms with Gasteiger partial charge in [-0.15, -0.1) is 27.1 Å². The predicted molar refractivity (Wildman–Crippen MR) is 547 cm³/mol. The number of imide groups is 1. The van der Waals surface area contributed by atoms with Gasteiger partial charge in [0.25, 0.3) is 11.8 Å². The van der Waals surface area contributed by atoms with Crippen LogP contribution in [0.3, 0.4) is 0 Å². The molecule has 16 N–H and O–H groups in total. The Morgan fingerprint density at radius 1 is 0.570 bits per heavy atom. The standard InChI is InChI=1S/C104H142N16O26S2.Fe/c1-51(2)98(86(128)38-63(58(10)121)24-33-92(134)135)119-103(144)69(59(11)122)42-85(127)78(41-66-47-107-50-109-66)116-102(143)65-40-84(126)70(27-29-87(105)129)114-100(141)53(5)37-82(124)81(117-101(142)64(21-19-20-36-108-62(14)123)39-83(125)71(28-30-88(106)130)115-104(145)99(52(3)4)118-89(131)22-17-15-16-18-23-95(140)146-120-90(132)31-32-91(120)133)49-148-61(13)97-57(9)75-45-80-96(60(12)147-48-65)56(8)74(112-80)43-72-54(6)67(25-34-93(136)137)76(110-72)46-77-68(26-35-94(138)139)55(7)73(111-77)44-79(97)113-75;/h43-47,50-53,59-61,63-65,69-71,78,81,98-99,122H,15-42,48-49H2,1-14H3,(H17,105,106,107,108,109,110,111,112,113,114,115,116,117,118,119,123,129,130,131,134,135,136,137,138,139,141,142,143,144,145);/q;+2/p-2. The number of thioether (sulfide) groups is 2. The van der Waals surface area contributed by atoms with Crippen molar-refractivity contribution in [2.45, 2.75) is 323 Å². The first-order valence-electron chi connectivity index (χ1n) is 50.2. The number of primary amides is 2. The van der Waals surface area contributed by atoms with Crippen molar-refractivity contribution in [3.05, 3.63) is 87.5 Å². The molecule has 4 aliphatic rings. The Kier molecular flexibility index (Phi) is 48.3. The Morgan fingerprint density at radius 2 is 1.16 bits per heavy atom. The van der Waals surface area contributed by atoms with E-state index < -0.39 is 270 Å². The largest absolute Gasteiger partial charge is 2.00 e. The van der Waals surface area contributed by atoms with E-state index in [9.17, 15) is 87.5 Å². The SMILES string of the molecule is CC(=O)NCCCCC(CC(=O)C(CCC(N)=O)NC(=O)C(NC(=O)CCCCCCC(=O)ON1C(=O)CCC1=O)C(C)C)C(=O)NC1CSC(C)C2=C(C)c3cc4[n-]c(cc5nc(cc6[n-]c(cc2n3)c(C)c6CCC(=O)O)C(CCC(=O)O)=C5C)c(C)c4C(C)SCC(C(=O)NC(Cc2c[nH]cn2)C(=O)CC(C(=O)NC(C(=O)CC(CCC(=O)O)C(C)=O)C(C)C)C(C)O)CC(=O)C(CCC(N)=O)NC(=O)C(C)CC1=O.[Fe+2]. The molecule has 9 bridgehead atoms. The van der Waals surface area contributed by atoms with Crippen molar-refractivity contribution < 1.29 is 143 Å². The van der Waals surface area contributed by atoms with Crippen molar-refractivity contribution in [3.63, 3.8) is 0 Å². The summed E-state index contributed by atoms with van der Waals surface area (Å²) in [4.78, 5) is 321. The van der Waals surface area contributed by atoms with Crippen molar-refractivity contribution >= 4 is 191 Å². The molecule has 0 radical (unpaired) electrons. The normalized spacial score (nSPS) is 18.5. The first kappa shape index (κ1) is 123. The molecule has 4 aromatic rings. The molecule has 0 aliphatic carbocycles. The zero-order chi connectivity index (χ0) is 110. The molecule has 8 rings (SSSR count). The molecule has 14 unspecified atom stereocenters. The molecule has 0 saturated carbocycles. The Bertz CT molecular complexity index is 5890. The first-order chi connectivity index (χ1) is 69.8. The summed E-state index contributed by atoms with van der Waals surface area (Å²) in [5.74, 6) is -25.6. The van der Waals surface area contributed by atoms with Gasteiger partial charge in [-0.25, -0.2) is 19.7 Å². The van der Waals surface area contributed by atoms with Crippen molar-refractivity contribution in [2.75, 3.05) is 18.1 Å². The molecule has 0 aromatic carbocycles. The quantitative estimate of drug-likeness (QED) is 0.0115. The number of aryl methyl sites for hydroxylation is 3. The van der Waals surface area contributed by atoms with Crippen molar-refractivity contribution in [3.8, 4) is 0 Å². The fraction of sp³-hybridized carbons (Fsp3) is 0.577. The number of aromatic amines is 1. The van der Waals surface area contributed by atoms with E-state index in [1.165, 1.54) is 63.7 Å². The molecule has 45 heteroatoms. The van der Waals surface area contributed by atoms with Gasteiger partial charge < -0.3 is 88.9 Å². The molecular weight excluding hydrogens is 2010 g/mol. The van der Waals surface area contributed by atoms with Crippen LogP contribution in [-0.4, -0.2) is 235 Å². The minimum Gasteiger partial charge on any atom is -0.657 e. The Balaban J connectivity index is 0.0000300. The second kappa shape index (κ2) is 58.4. The number of carboxylic acids is 3. The van der Waals surface area contributed by atoms with Gasteiger partial charge in [0.15, 0.2) is 28.9 Å². The van der Waals surface area contributed by atoms with Crippen molar-refractivity contribution in [1.82, 2.24) is 72.2 Å². The Labute approximate surface area is 883 Å². The Hall–Kier alpha value is -12.7. The summed E-state index contributed by atoms with van der Waals surface area (Å²) >= 11 is 2.35. The van der Waals surface area contributed by atoms with Gasteiger partial charge in [-0.1, -0.05) is 94.8 Å². The molecule has 149 heavy (non-hydrogen) atoms. The van der Waals surface area contributed by atoms with E-state index in [0.717, 1.165) is 0 Å². The maximum Gasteiger partial charge on any atom is 2.00 e. The number of nitrogens with two attached hydrogens (primary N) is 2. The van der Waals surface area contributed by atoms with Crippen LogP contribution in [0.2, 0.25) is 0 Å². The fourth-order valence-corrected chi connectivity index (χ4v) is 20.7. The van der Waals surface area contributed by atoms with Crippen LogP contribution < -0.4 is 58.7 Å². The number of allylic oxidation sites excluding steroid dienone is 3. The number of carbonyl (C=O) groups is 21. The minimum absolute atomic E-state index is 0. The van der Waals surface area contributed by atoms with Crippen molar-refractivity contribution in [1.29, 1.82) is 0 Å². The number of carbonyl (C=O) groups excluding carboxylic acids is 18. The van der Waals surface area contributed by atoms with Crippen LogP contribution in [0.1, 0.15) is 300 Å². The number of rotatable bonds is 52. The molecule has 42 nitrogen and oxygen atoms in total. The van der Waals surface area contributed by atoms with Crippen LogP contribution in [0.15, 0.2) is 36.8 Å². The number of unbranched alkanes of at least 4 members (excludes halogenated alkanes) is 4. The topological polar surface area (TPSA) is 671 Å². The summed E-state index contributed by atoms with van der Waals surface area (Å²) in [6, 6.07) is -2.02. The van der Waals surface area contributed by atoms with Crippen LogP contribution in [0.4, 0.5) is 0 Å². The van der Waals surface area contributed by atoms with Gasteiger partial charge in [-0.05, 0) is 153 Å². The molecule has 1 fully saturated rings. The number of hydroxylamine groups is 2. The number of amides is 11. The molecule has 0 spiro atoms. The number of hydrogen-bond acceptors (Lipinski definition) is 28. The number of Topliss-reactive ketones (excluding diaryl/α,β-unsaturated/α-hetero) is 6. The number of H-pyrrole nitrogens is 1. The zero-order valence-electron chi connectivity index (χ0n) is 86.7. The van der Waals surface area contributed by atoms with E-state index in [1.54, 1.807) is 72.7 Å². The maximum atomic E-state index is 15.9. The fourth-order valence-electron chi connectivity index (χ4n) is 18.2. The minimum atomic E-state index is -1.64. The Morgan fingerprint density at radius 3 is 1.78 bits per heavy atom. The summed E-state index contributed by atoms with van der Waals surface area (Å²) in [5.41, 5.74) is 18.9. The molecule has 4 aliphatic heterocycles. The van der Waals surface area contributed by atoms with Gasteiger partial charge in [-0.2, -0.15) is 23.5 Å². The third kappa shape index (κ3) is 36.9. The summed E-state index contributed by atoms with van der Waals surface area (Å²) in [6.45, 7) is 22.6. The van der Waals surface area contributed by atoms with Crippen LogP contribution >= 0.6 is 23.5 Å². The number of carboxylic acid groups (broad SMARTS) is 3. The number of hydrogen-bond donors (Lipinski definition) is 14. The summed E-state index contributed by atoms with van der Waals surface area (Å²) in [5, 5.41) is 59.4. The van der Waals surface area contributed by atoms with Gasteiger partial charge >= 0.3 is 40.9 Å². The van der Waals surface area contributed by atoms with Crippen LogP contribution in [0.5, 0.6) is 0 Å². The number of nitrogens with zero attached hydrogens (tertiary/aromatic N) is 6. The van der Waals surface area contributed by atoms with Gasteiger partial charge in [0, 0.05) is 156 Å². The summed E-state index contributed by atoms with van der Waals surface area (Å²) < 4.78 is 0. The number of aliphatic hydroxyl groups is 1. The van der Waals surface area contributed by atoms with E-state index in [-0.39, 0.29) is 137 Å². The monoisotopic (exact) mass is 2150 g/mol. The molecule has 1 saturated heterocycles. The number of ketones is 6. The molecule has 14 atom stereocenters. The van der Waals surface area contributed by atoms with Gasteiger partial charge in [0.1, 0.15) is 11.8 Å². The second-order valence-corrected chi connectivity index (χ2v) is 42.1. The smallest absolute Gasteiger partial charge is 0.657 e. The number of aliphatic carboxylic acids is 3. The van der Waals surface area contributed by atoms with Crippen LogP contribution in [-0.2, 0) is 135 Å². The summed E-state index contributed by atoms with van der Waals surface area (Å²) in [7, 11) is 0. The van der Waals surface area contributed by atoms with E-state index in [0.29, 0.717) is 120 Å². The van der Waals surface area contributed by atoms with Crippen LogP contribution in [0.25, 0.3) is 44.4 Å². The molecule has 8 heterocycles. The van der Waals surface area contributed by atoms with E-state index >= 15 is 33.6 Å². The van der Waals surface area contributed by atoms with E-state index in [1.807, 2.05) is 20.8 Å². The van der Waals surface area contributed by atoms with Gasteiger partial charge in [0.2, 0.25) is 53.2 Å². The number of fused-ring (bicyclic) bond motifs is 7. The maximum absolute atomic E-state index is 15.9. The number of nitrogens with one attached hydrogen (secondary N) is 8. The summed E-state index contributed by atoms with van der Waals surface area (Å²) in [6.07, 6.45) is -4.08. The van der Waals surface area contributed by atoms with Gasteiger partial charge in [-0.3, -0.25) is 95.9 Å². The number of aliphatic hydroxyl groups excluding tert-OH is 1. The average Bonchev–Trinajstić information content (AvgIpc) is 1.61. The van der Waals surface area contributed by atoms with E-state index in [2.05, 4.69) is 47.2 Å². The first-order valence-corrected chi connectivity index (χ1v) is 52.3. The predicted octanol–water partition coefficient (Wildman–Crippen LogP) is 7.56. The molecule has 4 aromatic heterocycles. The molecular formula is C104H140FeN16O26S2. The van der Waals surface area contributed by atoms with E-state index in [4.69, 9.17) is 36.2 Å². The third-order valence-electron chi connectivity index (χ3n) is 27.0. The second-order valence-electron chi connectivity index (χ2n) is 39.3.